The van der Waals surface area contributed by atoms with E-state index in [4.69, 9.17) is 21.6 Å². The highest BCUT2D eigenvalue weighted by Gasteiger charge is 2.43. The number of hydrogen-bond donors (Lipinski definition) is 1. The van der Waals surface area contributed by atoms with Crippen molar-refractivity contribution in [2.45, 2.75) is 26.7 Å². The number of pyridine rings is 2. The molecule has 1 aromatic carbocycles. The van der Waals surface area contributed by atoms with Crippen LogP contribution in [-0.2, 0) is 11.2 Å². The smallest absolute Gasteiger partial charge is 0.230 e. The molecular weight excluding hydrogens is 400 g/mol. The van der Waals surface area contributed by atoms with Gasteiger partial charge in [0.2, 0.25) is 11.8 Å². The van der Waals surface area contributed by atoms with Crippen LogP contribution in [0.2, 0.25) is 5.02 Å². The second-order valence-electron chi connectivity index (χ2n) is 7.28. The van der Waals surface area contributed by atoms with E-state index in [0.717, 1.165) is 33.9 Å². The van der Waals surface area contributed by atoms with E-state index in [2.05, 4.69) is 28.3 Å². The number of ether oxygens (including phenoxy) is 1. The lowest BCUT2D eigenvalue weighted by Gasteiger charge is -2.12. The highest BCUT2D eigenvalue weighted by Crippen LogP contribution is 2.39. The van der Waals surface area contributed by atoms with Gasteiger partial charge in [0.1, 0.15) is 5.82 Å². The lowest BCUT2D eigenvalue weighted by Crippen LogP contribution is -2.15. The third kappa shape index (κ3) is 3.94. The summed E-state index contributed by atoms with van der Waals surface area (Å²) in [4.78, 5) is 21.0. The third-order valence-electron chi connectivity index (χ3n) is 5.28. The highest BCUT2D eigenvalue weighted by molar-refractivity contribution is 6.36. The van der Waals surface area contributed by atoms with Crippen molar-refractivity contribution < 1.29 is 9.53 Å². The first kappa shape index (κ1) is 20.1. The molecule has 1 aliphatic rings. The van der Waals surface area contributed by atoms with Crippen molar-refractivity contribution in [2.24, 2.45) is 11.8 Å². The number of aromatic nitrogens is 2. The van der Waals surface area contributed by atoms with Crippen molar-refractivity contribution in [3.8, 4) is 23.1 Å². The summed E-state index contributed by atoms with van der Waals surface area (Å²) in [7, 11) is 0. The number of rotatable bonds is 6. The fourth-order valence-electron chi connectivity index (χ4n) is 3.54. The van der Waals surface area contributed by atoms with Crippen LogP contribution in [0.15, 0.2) is 36.7 Å². The molecule has 1 amide bonds. The zero-order valence-corrected chi connectivity index (χ0v) is 17.5. The van der Waals surface area contributed by atoms with Crippen molar-refractivity contribution in [3.63, 3.8) is 0 Å². The van der Waals surface area contributed by atoms with Crippen LogP contribution >= 0.6 is 11.6 Å². The minimum Gasteiger partial charge on any atom is -0.478 e. The number of aryl methyl sites for hydroxylation is 1. The molecule has 1 fully saturated rings. The summed E-state index contributed by atoms with van der Waals surface area (Å²) < 4.78 is 5.52. The molecule has 2 aromatic heterocycles. The van der Waals surface area contributed by atoms with Crippen LogP contribution < -0.4 is 10.1 Å². The van der Waals surface area contributed by atoms with Gasteiger partial charge in [-0.05, 0) is 54.5 Å². The maximum atomic E-state index is 12.3. The van der Waals surface area contributed by atoms with Gasteiger partial charge in [0, 0.05) is 29.4 Å². The molecule has 0 radical (unpaired) electrons. The summed E-state index contributed by atoms with van der Waals surface area (Å²) in [5.41, 5.74) is 3.04. The Bertz CT molecular complexity index is 1170. The van der Waals surface area contributed by atoms with E-state index in [1.54, 1.807) is 18.5 Å². The molecule has 2 heterocycles. The molecule has 152 valence electrons. The Kier molecular flexibility index (Phi) is 5.56. The number of carbonyl (C=O) groups is 1. The molecule has 30 heavy (non-hydrogen) atoms. The fourth-order valence-corrected chi connectivity index (χ4v) is 3.81. The molecule has 1 N–H and O–H groups in total. The summed E-state index contributed by atoms with van der Waals surface area (Å²) in [6.45, 7) is 4.58. The SMILES string of the molecule is CCOc1cc(CC)c(-c2cc(Cl)c3cnc(NC(=O)[C@@H]4C[C@H]4C#N)cc3c2)cn1. The Hall–Kier alpha value is -3.17. The van der Waals surface area contributed by atoms with Gasteiger partial charge in [-0.3, -0.25) is 4.79 Å². The van der Waals surface area contributed by atoms with Crippen LogP contribution in [0.3, 0.4) is 0 Å². The van der Waals surface area contributed by atoms with E-state index in [9.17, 15) is 4.79 Å². The van der Waals surface area contributed by atoms with Gasteiger partial charge < -0.3 is 10.1 Å². The van der Waals surface area contributed by atoms with E-state index in [1.165, 1.54) is 0 Å². The molecular formula is C23H21ClN4O2. The standard InChI is InChI=1S/C23H21ClN4O2/c1-3-13-9-22(30-4-2)27-11-18(13)14-5-15-8-21(26-12-19(15)20(24)7-14)28-23(29)17-6-16(17)10-25/h5,7-9,11-12,16-17H,3-4,6H2,1-2H3,(H,26,28,29)/t16-,17+/m0/s1. The van der Waals surface area contributed by atoms with Gasteiger partial charge in [0.05, 0.1) is 29.5 Å². The number of nitrogens with one attached hydrogen (secondary N) is 1. The second-order valence-corrected chi connectivity index (χ2v) is 7.69. The van der Waals surface area contributed by atoms with Gasteiger partial charge in [-0.15, -0.1) is 0 Å². The highest BCUT2D eigenvalue weighted by atomic mass is 35.5. The Morgan fingerprint density at radius 2 is 2.10 bits per heavy atom. The number of benzene rings is 1. The fraction of sp³-hybridized carbons (Fsp3) is 0.304. The molecule has 2 atom stereocenters. The van der Waals surface area contributed by atoms with Crippen LogP contribution in [0.1, 0.15) is 25.8 Å². The van der Waals surface area contributed by atoms with E-state index in [1.807, 2.05) is 25.1 Å². The van der Waals surface area contributed by atoms with E-state index >= 15 is 0 Å². The lowest BCUT2D eigenvalue weighted by atomic mass is 9.98. The number of nitriles is 1. The zero-order valence-electron chi connectivity index (χ0n) is 16.8. The maximum absolute atomic E-state index is 12.3. The van der Waals surface area contributed by atoms with Gasteiger partial charge >= 0.3 is 0 Å². The van der Waals surface area contributed by atoms with Crippen molar-refractivity contribution in [1.29, 1.82) is 5.26 Å². The number of nitrogens with zero attached hydrogens (tertiary/aromatic N) is 3. The second kappa shape index (κ2) is 8.29. The molecule has 0 unspecified atom stereocenters. The number of anilines is 1. The molecule has 1 saturated carbocycles. The molecule has 3 aromatic rings. The van der Waals surface area contributed by atoms with E-state index < -0.39 is 0 Å². The topological polar surface area (TPSA) is 87.9 Å². The van der Waals surface area contributed by atoms with Crippen LogP contribution in [0.4, 0.5) is 5.82 Å². The van der Waals surface area contributed by atoms with Crippen molar-refractivity contribution >= 4 is 34.1 Å². The Morgan fingerprint density at radius 3 is 2.80 bits per heavy atom. The van der Waals surface area contributed by atoms with Gasteiger partial charge in [-0.25, -0.2) is 9.97 Å². The van der Waals surface area contributed by atoms with Gasteiger partial charge in [0.25, 0.3) is 0 Å². The third-order valence-corrected chi connectivity index (χ3v) is 5.59. The van der Waals surface area contributed by atoms with Gasteiger partial charge in [-0.2, -0.15) is 5.26 Å². The summed E-state index contributed by atoms with van der Waals surface area (Å²) in [5, 5.41) is 14.0. The van der Waals surface area contributed by atoms with Crippen molar-refractivity contribution in [3.05, 3.63) is 47.2 Å². The number of amides is 1. The maximum Gasteiger partial charge on any atom is 0.230 e. The molecule has 6 nitrogen and oxygen atoms in total. The van der Waals surface area contributed by atoms with Crippen LogP contribution in [0.5, 0.6) is 5.88 Å². The van der Waals surface area contributed by atoms with Crippen LogP contribution in [-0.4, -0.2) is 22.5 Å². The number of carbonyl (C=O) groups excluding carboxylic acids is 1. The Labute approximate surface area is 179 Å². The monoisotopic (exact) mass is 420 g/mol. The predicted molar refractivity (Wildman–Crippen MR) is 116 cm³/mol. The molecule has 7 heteroatoms. The summed E-state index contributed by atoms with van der Waals surface area (Å²) in [6, 6.07) is 9.81. The lowest BCUT2D eigenvalue weighted by molar-refractivity contribution is -0.117. The molecule has 0 aliphatic heterocycles. The van der Waals surface area contributed by atoms with Gasteiger partial charge in [-0.1, -0.05) is 18.5 Å². The first-order chi connectivity index (χ1) is 14.5. The molecule has 0 spiro atoms. The molecule has 0 bridgehead atoms. The average Bonchev–Trinajstić information content (AvgIpc) is 3.54. The zero-order chi connectivity index (χ0) is 21.3. The van der Waals surface area contributed by atoms with Crippen molar-refractivity contribution in [2.75, 3.05) is 11.9 Å². The average molecular weight is 421 g/mol. The Balaban J connectivity index is 1.69. The van der Waals surface area contributed by atoms with E-state index in [-0.39, 0.29) is 17.7 Å². The molecule has 0 saturated heterocycles. The minimum atomic E-state index is -0.246. The first-order valence-corrected chi connectivity index (χ1v) is 10.3. The van der Waals surface area contributed by atoms with Gasteiger partial charge in [0.15, 0.2) is 0 Å². The predicted octanol–water partition coefficient (Wildman–Crippen LogP) is 5.01. The summed E-state index contributed by atoms with van der Waals surface area (Å²) >= 11 is 6.54. The quantitative estimate of drug-likeness (QED) is 0.605. The largest absolute Gasteiger partial charge is 0.478 e. The number of fused-ring (bicyclic) bond motifs is 1. The minimum absolute atomic E-state index is 0.167. The normalized spacial score (nSPS) is 17.4. The summed E-state index contributed by atoms with van der Waals surface area (Å²) in [6.07, 6.45) is 4.90. The first-order valence-electron chi connectivity index (χ1n) is 9.95. The molecule has 4 rings (SSSR count). The van der Waals surface area contributed by atoms with Crippen LogP contribution in [0.25, 0.3) is 21.9 Å². The number of halogens is 1. The van der Waals surface area contributed by atoms with Crippen molar-refractivity contribution in [1.82, 2.24) is 9.97 Å². The Morgan fingerprint density at radius 1 is 1.27 bits per heavy atom. The van der Waals surface area contributed by atoms with Crippen LogP contribution in [0, 0.1) is 23.2 Å². The number of hydrogen-bond acceptors (Lipinski definition) is 5. The molecule has 1 aliphatic carbocycles. The van der Waals surface area contributed by atoms with E-state index in [0.29, 0.717) is 29.7 Å². The summed E-state index contributed by atoms with van der Waals surface area (Å²) in [5.74, 6) is 0.454.